The maximum Gasteiger partial charge on any atom is 0.233 e. The van der Waals surface area contributed by atoms with Crippen LogP contribution in [0.4, 0.5) is 0 Å². The number of fused-ring (bicyclic) bond motifs is 5. The molecule has 2 amide bonds. The molecule has 4 aliphatic rings. The summed E-state index contributed by atoms with van der Waals surface area (Å²) in [6, 6.07) is 0.410. The smallest absolute Gasteiger partial charge is 0.233 e. The summed E-state index contributed by atoms with van der Waals surface area (Å²) in [6.45, 7) is 14.9. The van der Waals surface area contributed by atoms with Crippen LogP contribution in [0.15, 0.2) is 17.1 Å². The van der Waals surface area contributed by atoms with Gasteiger partial charge in [-0.15, -0.1) is 0 Å². The largest absolute Gasteiger partial charge is 0.357 e. The van der Waals surface area contributed by atoms with Crippen molar-refractivity contribution < 1.29 is 9.59 Å². The highest BCUT2D eigenvalue weighted by Gasteiger charge is 2.58. The Kier molecular flexibility index (Phi) is 7.51. The second-order valence-electron chi connectivity index (χ2n) is 9.65. The lowest BCUT2D eigenvalue weighted by Gasteiger charge is -2.37. The van der Waals surface area contributed by atoms with E-state index in [1.807, 2.05) is 0 Å². The molecule has 0 aromatic carbocycles. The molecule has 2 heterocycles. The fraction of sp³-hybridized carbons (Fsp3) is 0.792. The Labute approximate surface area is 192 Å². The molecule has 2 bridgehead atoms. The first-order chi connectivity index (χ1) is 15.5. The normalized spacial score (nSPS) is 31.5. The first-order valence-electron chi connectivity index (χ1n) is 12.6. The highest BCUT2D eigenvalue weighted by Crippen LogP contribution is 2.52. The molecule has 0 radical (unpaired) electrons. The van der Waals surface area contributed by atoms with Crippen LogP contribution >= 0.6 is 0 Å². The average molecular weight is 445 g/mol. The monoisotopic (exact) mass is 444 g/mol. The van der Waals surface area contributed by atoms with Crippen molar-refractivity contribution in [3.63, 3.8) is 0 Å². The quantitative estimate of drug-likeness (QED) is 0.180. The molecule has 0 aromatic rings. The van der Waals surface area contributed by atoms with Crippen LogP contribution in [-0.2, 0) is 9.59 Å². The van der Waals surface area contributed by atoms with Gasteiger partial charge in [0.2, 0.25) is 11.8 Å². The van der Waals surface area contributed by atoms with E-state index < -0.39 is 0 Å². The molecule has 5 atom stereocenters. The fourth-order valence-electron chi connectivity index (χ4n) is 5.83. The van der Waals surface area contributed by atoms with E-state index in [1.165, 1.54) is 4.90 Å². The second kappa shape index (κ2) is 10.3. The van der Waals surface area contributed by atoms with Crippen molar-refractivity contribution in [2.75, 3.05) is 58.9 Å². The lowest BCUT2D eigenvalue weighted by atomic mass is 9.85. The molecule has 2 saturated heterocycles. The number of carbonyl (C=O) groups is 2. The molecule has 0 spiro atoms. The molecule has 5 unspecified atom stereocenters. The Bertz CT molecular complexity index is 715. The number of amides is 2. The standard InChI is InChI=1S/C24H40N6O2/c1-4-25-24(27-16-17(3)29-13-11-28(5-2)12-14-29)26-9-6-10-30-22(31)20-18-7-8-19(15-18)21(20)23(30)32/h7-8,17-21H,4-6,9-16H2,1-3H3,(H2,25,26,27). The van der Waals surface area contributed by atoms with Gasteiger partial charge in [0.05, 0.1) is 18.4 Å². The molecule has 4 rings (SSSR count). The lowest BCUT2D eigenvalue weighted by molar-refractivity contribution is -0.140. The summed E-state index contributed by atoms with van der Waals surface area (Å²) in [4.78, 5) is 36.9. The summed E-state index contributed by atoms with van der Waals surface area (Å²) in [5.41, 5.74) is 0. The highest BCUT2D eigenvalue weighted by molar-refractivity contribution is 6.06. The van der Waals surface area contributed by atoms with Gasteiger partial charge in [-0.25, -0.2) is 0 Å². The summed E-state index contributed by atoms with van der Waals surface area (Å²) < 4.78 is 0. The van der Waals surface area contributed by atoms with Gasteiger partial charge < -0.3 is 15.5 Å². The first kappa shape index (κ1) is 23.2. The van der Waals surface area contributed by atoms with Crippen LogP contribution in [-0.4, -0.2) is 97.4 Å². The van der Waals surface area contributed by atoms with Crippen LogP contribution in [0, 0.1) is 23.7 Å². The third-order valence-electron chi connectivity index (χ3n) is 7.75. The highest BCUT2D eigenvalue weighted by atomic mass is 16.2. The number of aliphatic imine (C=N–C) groups is 1. The summed E-state index contributed by atoms with van der Waals surface area (Å²) in [7, 11) is 0. The number of likely N-dealkylation sites (N-methyl/N-ethyl adjacent to an activating group) is 1. The van der Waals surface area contributed by atoms with Gasteiger partial charge in [-0.2, -0.15) is 0 Å². The van der Waals surface area contributed by atoms with Gasteiger partial charge in [-0.1, -0.05) is 19.1 Å². The predicted octanol–water partition coefficient (Wildman–Crippen LogP) is 0.765. The summed E-state index contributed by atoms with van der Waals surface area (Å²) >= 11 is 0. The molecule has 8 nitrogen and oxygen atoms in total. The van der Waals surface area contributed by atoms with Crippen LogP contribution < -0.4 is 10.6 Å². The molecule has 32 heavy (non-hydrogen) atoms. The number of hydrogen-bond donors (Lipinski definition) is 2. The van der Waals surface area contributed by atoms with Gasteiger partial charge in [0, 0.05) is 51.9 Å². The number of hydrogen-bond acceptors (Lipinski definition) is 5. The van der Waals surface area contributed by atoms with E-state index in [2.05, 4.69) is 53.4 Å². The number of nitrogens with one attached hydrogen (secondary N) is 2. The van der Waals surface area contributed by atoms with Gasteiger partial charge in [0.25, 0.3) is 0 Å². The van der Waals surface area contributed by atoms with Crippen molar-refractivity contribution in [3.8, 4) is 0 Å². The minimum absolute atomic E-state index is 0.0504. The van der Waals surface area contributed by atoms with Gasteiger partial charge in [0.1, 0.15) is 0 Å². The Balaban J connectivity index is 1.20. The summed E-state index contributed by atoms with van der Waals surface area (Å²) in [6.07, 6.45) is 6.01. The Hall–Kier alpha value is -1.93. The Morgan fingerprint density at radius 3 is 2.31 bits per heavy atom. The molecule has 2 aliphatic heterocycles. The van der Waals surface area contributed by atoms with Crippen LogP contribution in [0.2, 0.25) is 0 Å². The predicted molar refractivity (Wildman–Crippen MR) is 126 cm³/mol. The zero-order valence-electron chi connectivity index (χ0n) is 19.9. The Morgan fingerprint density at radius 1 is 1.06 bits per heavy atom. The van der Waals surface area contributed by atoms with Crippen LogP contribution in [0.3, 0.4) is 0 Å². The van der Waals surface area contributed by atoms with Crippen molar-refractivity contribution >= 4 is 17.8 Å². The van der Waals surface area contributed by atoms with Crippen LogP contribution in [0.25, 0.3) is 0 Å². The zero-order valence-corrected chi connectivity index (χ0v) is 19.9. The SMILES string of the molecule is CCNC(=NCC(C)N1CCN(CC)CC1)NCCCN1C(=O)C2C3C=CC(C3)C2C1=O. The van der Waals surface area contributed by atoms with Gasteiger partial charge in [-0.05, 0) is 45.1 Å². The number of piperazine rings is 1. The number of nitrogens with zero attached hydrogens (tertiary/aromatic N) is 4. The van der Waals surface area contributed by atoms with Gasteiger partial charge in [0.15, 0.2) is 5.96 Å². The Morgan fingerprint density at radius 2 is 1.72 bits per heavy atom. The van der Waals surface area contributed by atoms with Crippen molar-refractivity contribution in [3.05, 3.63) is 12.2 Å². The minimum atomic E-state index is -0.0926. The van der Waals surface area contributed by atoms with E-state index in [9.17, 15) is 9.59 Å². The topological polar surface area (TPSA) is 80.3 Å². The van der Waals surface area contributed by atoms with Crippen LogP contribution in [0.5, 0.6) is 0 Å². The third kappa shape index (κ3) is 4.71. The molecule has 178 valence electrons. The maximum atomic E-state index is 12.8. The molecule has 1 saturated carbocycles. The van der Waals surface area contributed by atoms with Crippen LogP contribution in [0.1, 0.15) is 33.6 Å². The molecule has 2 N–H and O–H groups in total. The number of imide groups is 1. The van der Waals surface area contributed by atoms with E-state index in [0.717, 1.165) is 64.6 Å². The van der Waals surface area contributed by atoms with E-state index in [1.54, 1.807) is 0 Å². The van der Waals surface area contributed by atoms with Gasteiger partial charge in [-0.3, -0.25) is 24.4 Å². The average Bonchev–Trinajstić information content (AvgIpc) is 3.49. The summed E-state index contributed by atoms with van der Waals surface area (Å²) in [5.74, 6) is 1.29. The van der Waals surface area contributed by atoms with Crippen molar-refractivity contribution in [1.82, 2.24) is 25.3 Å². The molecular formula is C24H40N6O2. The van der Waals surface area contributed by atoms with E-state index >= 15 is 0 Å². The second-order valence-corrected chi connectivity index (χ2v) is 9.65. The van der Waals surface area contributed by atoms with Crippen molar-refractivity contribution in [2.24, 2.45) is 28.7 Å². The minimum Gasteiger partial charge on any atom is -0.357 e. The molecule has 3 fully saturated rings. The lowest BCUT2D eigenvalue weighted by Crippen LogP contribution is -2.50. The third-order valence-corrected chi connectivity index (χ3v) is 7.75. The molecule has 8 heteroatoms. The number of carbonyl (C=O) groups excluding carboxylic acids is 2. The number of guanidine groups is 1. The summed E-state index contributed by atoms with van der Waals surface area (Å²) in [5, 5.41) is 6.69. The first-order valence-corrected chi connectivity index (χ1v) is 12.6. The number of likely N-dealkylation sites (tertiary alicyclic amines) is 1. The van der Waals surface area contributed by atoms with E-state index in [-0.39, 0.29) is 35.5 Å². The van der Waals surface area contributed by atoms with E-state index in [4.69, 9.17) is 4.99 Å². The number of rotatable bonds is 9. The van der Waals surface area contributed by atoms with Crippen molar-refractivity contribution in [1.29, 1.82) is 0 Å². The van der Waals surface area contributed by atoms with Crippen molar-refractivity contribution in [2.45, 2.75) is 39.7 Å². The van der Waals surface area contributed by atoms with Gasteiger partial charge >= 0.3 is 0 Å². The zero-order chi connectivity index (χ0) is 22.7. The molecule has 0 aromatic heterocycles. The fourth-order valence-corrected chi connectivity index (χ4v) is 5.83. The molecule has 2 aliphatic carbocycles. The maximum absolute atomic E-state index is 12.8. The van der Waals surface area contributed by atoms with E-state index in [0.29, 0.717) is 19.1 Å². The number of allylic oxidation sites excluding steroid dienone is 2. The molecular weight excluding hydrogens is 404 g/mol.